The Morgan fingerprint density at radius 1 is 1.03 bits per heavy atom. The molecule has 0 bridgehead atoms. The molecular formula is C26H27BrF3N3O3. The van der Waals surface area contributed by atoms with Crippen LogP contribution in [0, 0.1) is 0 Å². The molecule has 3 aromatic rings. The topological polar surface area (TPSA) is 75.5 Å². The number of nitrogens with zero attached hydrogens (tertiary/aromatic N) is 3. The third-order valence-corrected chi connectivity index (χ3v) is 6.05. The minimum Gasteiger partial charge on any atom is -0.478 e. The highest BCUT2D eigenvalue weighted by atomic mass is 79.9. The zero-order valence-corrected chi connectivity index (χ0v) is 21.7. The fraction of sp³-hybridized carbons (Fsp3) is 0.346. The summed E-state index contributed by atoms with van der Waals surface area (Å²) in [6, 6.07) is 11.1. The number of carbonyl (C=O) groups is 1. The predicted octanol–water partition coefficient (Wildman–Crippen LogP) is 6.40. The van der Waals surface area contributed by atoms with E-state index in [9.17, 15) is 23.1 Å². The standard InChI is InChI=1S/C26H27BrF3N3O3/c1-4-17-5-9-19(10-6-17)22(26(28,29)30)33(24-31-15-20(27)16-32-24)14-13-18-7-11-21(12-8-18)36-25(2,3)23(34)35/h5-12,15-16,22H,4,13-14H2,1-3H3,(H,34,35). The molecule has 0 radical (unpaired) electrons. The summed E-state index contributed by atoms with van der Waals surface area (Å²) in [7, 11) is 0. The van der Waals surface area contributed by atoms with Gasteiger partial charge in [-0.05, 0) is 71.4 Å². The van der Waals surface area contributed by atoms with Gasteiger partial charge in [0, 0.05) is 18.9 Å². The molecule has 0 aliphatic carbocycles. The van der Waals surface area contributed by atoms with Crippen LogP contribution in [0.5, 0.6) is 5.75 Å². The van der Waals surface area contributed by atoms with Gasteiger partial charge in [0.15, 0.2) is 11.6 Å². The number of anilines is 1. The van der Waals surface area contributed by atoms with E-state index in [1.54, 1.807) is 36.4 Å². The molecule has 0 aliphatic rings. The van der Waals surface area contributed by atoms with E-state index >= 15 is 0 Å². The van der Waals surface area contributed by atoms with Crippen molar-refractivity contribution in [3.8, 4) is 5.75 Å². The van der Waals surface area contributed by atoms with E-state index in [4.69, 9.17) is 4.74 Å². The maximum Gasteiger partial charge on any atom is 0.413 e. The first kappa shape index (κ1) is 27.4. The smallest absolute Gasteiger partial charge is 0.413 e. The third kappa shape index (κ3) is 6.96. The van der Waals surface area contributed by atoms with Crippen LogP contribution < -0.4 is 9.64 Å². The van der Waals surface area contributed by atoms with Crippen molar-refractivity contribution in [2.45, 2.75) is 51.4 Å². The van der Waals surface area contributed by atoms with Crippen molar-refractivity contribution in [3.63, 3.8) is 0 Å². The number of halogens is 4. The molecule has 0 spiro atoms. The van der Waals surface area contributed by atoms with Crippen molar-refractivity contribution in [2.24, 2.45) is 0 Å². The summed E-state index contributed by atoms with van der Waals surface area (Å²) in [6.45, 7) is 4.80. The van der Waals surface area contributed by atoms with Crippen LogP contribution in [-0.4, -0.2) is 39.4 Å². The Hall–Kier alpha value is -3.14. The Bertz CT molecular complexity index is 1150. The van der Waals surface area contributed by atoms with Crippen LogP contribution in [0.15, 0.2) is 65.4 Å². The van der Waals surface area contributed by atoms with Crippen LogP contribution in [-0.2, 0) is 17.6 Å². The second kappa shape index (κ2) is 11.3. The van der Waals surface area contributed by atoms with Gasteiger partial charge in [0.1, 0.15) is 5.75 Å². The largest absolute Gasteiger partial charge is 0.478 e. The summed E-state index contributed by atoms with van der Waals surface area (Å²) in [4.78, 5) is 20.7. The van der Waals surface area contributed by atoms with Crippen LogP contribution in [0.2, 0.25) is 0 Å². The molecule has 1 heterocycles. The average Bonchev–Trinajstić information content (AvgIpc) is 2.82. The summed E-state index contributed by atoms with van der Waals surface area (Å²) in [5, 5.41) is 9.23. The summed E-state index contributed by atoms with van der Waals surface area (Å²) >= 11 is 3.23. The first-order valence-electron chi connectivity index (χ1n) is 11.3. The molecule has 0 amide bonds. The maximum atomic E-state index is 14.4. The summed E-state index contributed by atoms with van der Waals surface area (Å²) in [5.74, 6) is -0.798. The SMILES string of the molecule is CCc1ccc(C(N(CCc2ccc(OC(C)(C)C(=O)O)cc2)c2ncc(Br)cn2)C(F)(F)F)cc1. The number of aryl methyl sites for hydroxylation is 1. The second-order valence-corrected chi connectivity index (χ2v) is 9.66. The van der Waals surface area contributed by atoms with Crippen molar-refractivity contribution < 1.29 is 27.8 Å². The Labute approximate surface area is 216 Å². The highest BCUT2D eigenvalue weighted by Crippen LogP contribution is 2.39. The Morgan fingerprint density at radius 2 is 1.58 bits per heavy atom. The van der Waals surface area contributed by atoms with Crippen molar-refractivity contribution in [1.82, 2.24) is 9.97 Å². The van der Waals surface area contributed by atoms with Gasteiger partial charge in [0.25, 0.3) is 0 Å². The lowest BCUT2D eigenvalue weighted by Crippen LogP contribution is -2.41. The molecule has 1 N–H and O–H groups in total. The van der Waals surface area contributed by atoms with Gasteiger partial charge < -0.3 is 14.7 Å². The van der Waals surface area contributed by atoms with Gasteiger partial charge in [-0.1, -0.05) is 43.3 Å². The van der Waals surface area contributed by atoms with Gasteiger partial charge in [-0.2, -0.15) is 13.2 Å². The Morgan fingerprint density at radius 3 is 2.08 bits per heavy atom. The number of hydrogen-bond donors (Lipinski definition) is 1. The second-order valence-electron chi connectivity index (χ2n) is 8.75. The van der Waals surface area contributed by atoms with Gasteiger partial charge in [-0.15, -0.1) is 0 Å². The highest BCUT2D eigenvalue weighted by molar-refractivity contribution is 9.10. The number of alkyl halides is 3. The molecule has 0 aliphatic heterocycles. The first-order chi connectivity index (χ1) is 16.9. The third-order valence-electron chi connectivity index (χ3n) is 5.64. The monoisotopic (exact) mass is 565 g/mol. The molecule has 1 unspecified atom stereocenters. The van der Waals surface area contributed by atoms with E-state index in [2.05, 4.69) is 25.9 Å². The van der Waals surface area contributed by atoms with E-state index < -0.39 is 23.8 Å². The minimum atomic E-state index is -4.58. The Kier molecular flexibility index (Phi) is 8.60. The van der Waals surface area contributed by atoms with Gasteiger partial charge in [0.05, 0.1) is 4.47 Å². The van der Waals surface area contributed by atoms with Gasteiger partial charge in [-0.3, -0.25) is 0 Å². The van der Waals surface area contributed by atoms with Crippen LogP contribution in [0.1, 0.15) is 43.5 Å². The number of hydrogen-bond acceptors (Lipinski definition) is 5. The zero-order chi connectivity index (χ0) is 26.5. The molecule has 192 valence electrons. The van der Waals surface area contributed by atoms with Gasteiger partial charge in [-0.25, -0.2) is 14.8 Å². The number of ether oxygens (including phenoxy) is 1. The lowest BCUT2D eigenvalue weighted by Gasteiger charge is -2.33. The Balaban J connectivity index is 1.89. The molecule has 1 atom stereocenters. The molecule has 1 aromatic heterocycles. The lowest BCUT2D eigenvalue weighted by molar-refractivity contribution is -0.152. The minimum absolute atomic E-state index is 0.0117. The molecule has 36 heavy (non-hydrogen) atoms. The van der Waals surface area contributed by atoms with Gasteiger partial charge in [0.2, 0.25) is 5.95 Å². The molecular weight excluding hydrogens is 539 g/mol. The first-order valence-corrected chi connectivity index (χ1v) is 12.1. The molecule has 0 fully saturated rings. The summed E-state index contributed by atoms with van der Waals surface area (Å²) in [6.07, 6.45) is -0.760. The molecule has 2 aromatic carbocycles. The van der Waals surface area contributed by atoms with E-state index in [0.29, 0.717) is 10.2 Å². The fourth-order valence-corrected chi connectivity index (χ4v) is 3.80. The van der Waals surface area contributed by atoms with Crippen LogP contribution >= 0.6 is 15.9 Å². The number of aromatic nitrogens is 2. The average molecular weight is 566 g/mol. The molecule has 6 nitrogen and oxygen atoms in total. The number of aliphatic carboxylic acids is 1. The van der Waals surface area contributed by atoms with E-state index in [1.807, 2.05) is 6.92 Å². The molecule has 0 saturated carbocycles. The van der Waals surface area contributed by atoms with Crippen molar-refractivity contribution in [3.05, 3.63) is 82.1 Å². The normalized spacial score (nSPS) is 12.8. The number of carboxylic acids is 1. The van der Waals surface area contributed by atoms with Crippen LogP contribution in [0.3, 0.4) is 0 Å². The van der Waals surface area contributed by atoms with Crippen molar-refractivity contribution >= 4 is 27.8 Å². The summed E-state index contributed by atoms with van der Waals surface area (Å²) < 4.78 is 49.4. The van der Waals surface area contributed by atoms with E-state index in [-0.39, 0.29) is 24.5 Å². The van der Waals surface area contributed by atoms with E-state index in [0.717, 1.165) is 22.4 Å². The number of carboxylic acid groups (broad SMARTS) is 1. The fourth-order valence-electron chi connectivity index (χ4n) is 3.59. The number of rotatable bonds is 10. The van der Waals surface area contributed by atoms with Crippen LogP contribution in [0.25, 0.3) is 0 Å². The maximum absolute atomic E-state index is 14.4. The molecule has 3 rings (SSSR count). The van der Waals surface area contributed by atoms with Crippen molar-refractivity contribution in [2.75, 3.05) is 11.4 Å². The number of benzene rings is 2. The molecule has 10 heteroatoms. The quantitative estimate of drug-likeness (QED) is 0.306. The predicted molar refractivity (Wildman–Crippen MR) is 134 cm³/mol. The highest BCUT2D eigenvalue weighted by Gasteiger charge is 2.45. The zero-order valence-electron chi connectivity index (χ0n) is 20.1. The van der Waals surface area contributed by atoms with E-state index in [1.165, 1.54) is 38.4 Å². The van der Waals surface area contributed by atoms with Crippen molar-refractivity contribution in [1.29, 1.82) is 0 Å². The lowest BCUT2D eigenvalue weighted by atomic mass is 10.0. The summed E-state index contributed by atoms with van der Waals surface area (Å²) in [5.41, 5.74) is 0.384. The molecule has 0 saturated heterocycles. The van der Waals surface area contributed by atoms with Crippen LogP contribution in [0.4, 0.5) is 19.1 Å². The van der Waals surface area contributed by atoms with Gasteiger partial charge >= 0.3 is 12.1 Å².